The third-order valence-corrected chi connectivity index (χ3v) is 3.36. The molecule has 0 aliphatic rings. The number of nitrogens with one attached hydrogen (secondary N) is 1. The van der Waals surface area contributed by atoms with Crippen molar-refractivity contribution in [1.29, 1.82) is 0 Å². The van der Waals surface area contributed by atoms with Crippen LogP contribution in [0.25, 0.3) is 0 Å². The lowest BCUT2D eigenvalue weighted by molar-refractivity contribution is 0.414. The Morgan fingerprint density at radius 1 is 1.15 bits per heavy atom. The average molecular weight is 291 g/mol. The van der Waals surface area contributed by atoms with Gasteiger partial charge in [0.2, 0.25) is 0 Å². The van der Waals surface area contributed by atoms with Crippen molar-refractivity contribution in [2.75, 3.05) is 31.4 Å². The van der Waals surface area contributed by atoms with Crippen LogP contribution in [0.2, 0.25) is 5.02 Å². The molecule has 3 nitrogen and oxygen atoms in total. The molecule has 0 heterocycles. The Hall–Kier alpha value is -1.87. The van der Waals surface area contributed by atoms with E-state index < -0.39 is 0 Å². The zero-order chi connectivity index (χ0) is 14.5. The van der Waals surface area contributed by atoms with E-state index in [1.54, 1.807) is 7.11 Å². The summed E-state index contributed by atoms with van der Waals surface area (Å²) in [6.45, 7) is 0.731. The van der Waals surface area contributed by atoms with Gasteiger partial charge in [-0.25, -0.2) is 0 Å². The first-order chi connectivity index (χ1) is 9.60. The van der Waals surface area contributed by atoms with Crippen molar-refractivity contribution >= 4 is 23.0 Å². The zero-order valence-electron chi connectivity index (χ0n) is 12.0. The van der Waals surface area contributed by atoms with E-state index in [0.717, 1.165) is 34.3 Å². The molecule has 2 aromatic carbocycles. The van der Waals surface area contributed by atoms with Crippen molar-refractivity contribution in [3.05, 3.63) is 53.1 Å². The van der Waals surface area contributed by atoms with Gasteiger partial charge >= 0.3 is 0 Å². The number of hydrogen-bond donors (Lipinski definition) is 1. The first-order valence-electron chi connectivity index (χ1n) is 6.44. The highest BCUT2D eigenvalue weighted by atomic mass is 35.5. The second kappa shape index (κ2) is 6.53. The van der Waals surface area contributed by atoms with E-state index in [1.807, 2.05) is 55.4 Å². The lowest BCUT2D eigenvalue weighted by Gasteiger charge is -2.16. The van der Waals surface area contributed by atoms with Crippen LogP contribution in [-0.4, -0.2) is 21.2 Å². The average Bonchev–Trinajstić information content (AvgIpc) is 2.45. The van der Waals surface area contributed by atoms with Gasteiger partial charge in [-0.05, 0) is 35.9 Å². The van der Waals surface area contributed by atoms with Crippen molar-refractivity contribution in [1.82, 2.24) is 0 Å². The van der Waals surface area contributed by atoms with Gasteiger partial charge in [0.1, 0.15) is 5.75 Å². The molecular formula is C16H19ClN2O. The number of anilines is 2. The van der Waals surface area contributed by atoms with Gasteiger partial charge in [0, 0.05) is 26.3 Å². The highest BCUT2D eigenvalue weighted by Crippen LogP contribution is 2.27. The van der Waals surface area contributed by atoms with E-state index in [-0.39, 0.29) is 0 Å². The highest BCUT2D eigenvalue weighted by Gasteiger charge is 2.03. The van der Waals surface area contributed by atoms with Crippen molar-refractivity contribution < 1.29 is 4.74 Å². The summed E-state index contributed by atoms with van der Waals surface area (Å²) in [6.07, 6.45) is 0. The number of halogens is 1. The van der Waals surface area contributed by atoms with Crippen LogP contribution in [0.5, 0.6) is 5.75 Å². The smallest absolute Gasteiger partial charge is 0.119 e. The topological polar surface area (TPSA) is 24.5 Å². The van der Waals surface area contributed by atoms with Gasteiger partial charge in [-0.3, -0.25) is 0 Å². The van der Waals surface area contributed by atoms with Crippen LogP contribution in [0.15, 0.2) is 42.5 Å². The minimum Gasteiger partial charge on any atom is -0.497 e. The van der Waals surface area contributed by atoms with Crippen LogP contribution in [0.1, 0.15) is 5.56 Å². The Labute approximate surface area is 125 Å². The fraction of sp³-hybridized carbons (Fsp3) is 0.250. The molecule has 1 N–H and O–H groups in total. The van der Waals surface area contributed by atoms with Crippen LogP contribution >= 0.6 is 11.6 Å². The van der Waals surface area contributed by atoms with Gasteiger partial charge in [-0.15, -0.1) is 0 Å². The maximum atomic E-state index is 6.25. The van der Waals surface area contributed by atoms with Crippen LogP contribution < -0.4 is 15.0 Å². The molecule has 0 bridgehead atoms. The molecule has 0 unspecified atom stereocenters. The molecule has 0 fully saturated rings. The summed E-state index contributed by atoms with van der Waals surface area (Å²) in [5.74, 6) is 0.866. The Morgan fingerprint density at radius 3 is 2.60 bits per heavy atom. The SMILES string of the molecule is COc1cccc(CNc2ccc(N(C)C)c(Cl)c2)c1. The lowest BCUT2D eigenvalue weighted by atomic mass is 10.2. The predicted octanol–water partition coefficient (Wildman–Crippen LogP) is 4.03. The van der Waals surface area contributed by atoms with E-state index in [1.165, 1.54) is 0 Å². The Balaban J connectivity index is 2.05. The summed E-state index contributed by atoms with van der Waals surface area (Å²) in [6, 6.07) is 14.0. The summed E-state index contributed by atoms with van der Waals surface area (Å²) in [5.41, 5.74) is 3.18. The van der Waals surface area contributed by atoms with Crippen LogP contribution in [0, 0.1) is 0 Å². The molecule has 0 amide bonds. The van der Waals surface area contributed by atoms with Gasteiger partial charge in [-0.2, -0.15) is 0 Å². The molecule has 0 aromatic heterocycles. The van der Waals surface area contributed by atoms with E-state index in [2.05, 4.69) is 11.4 Å². The van der Waals surface area contributed by atoms with Crippen LogP contribution in [0.3, 0.4) is 0 Å². The van der Waals surface area contributed by atoms with Gasteiger partial charge in [-0.1, -0.05) is 23.7 Å². The lowest BCUT2D eigenvalue weighted by Crippen LogP contribution is -2.09. The molecule has 0 saturated heterocycles. The molecule has 2 aromatic rings. The summed E-state index contributed by atoms with van der Waals surface area (Å²) < 4.78 is 5.21. The zero-order valence-corrected chi connectivity index (χ0v) is 12.7. The normalized spacial score (nSPS) is 10.2. The first-order valence-corrected chi connectivity index (χ1v) is 6.81. The van der Waals surface area contributed by atoms with Gasteiger partial charge in [0.25, 0.3) is 0 Å². The molecule has 4 heteroatoms. The van der Waals surface area contributed by atoms with Crippen molar-refractivity contribution in [2.24, 2.45) is 0 Å². The first kappa shape index (κ1) is 14.5. The van der Waals surface area contributed by atoms with E-state index in [4.69, 9.17) is 16.3 Å². The monoisotopic (exact) mass is 290 g/mol. The van der Waals surface area contributed by atoms with Crippen LogP contribution in [-0.2, 0) is 6.54 Å². The summed E-state index contributed by atoms with van der Waals surface area (Å²) >= 11 is 6.25. The van der Waals surface area contributed by atoms with Crippen molar-refractivity contribution in [3.8, 4) is 5.75 Å². The van der Waals surface area contributed by atoms with E-state index in [9.17, 15) is 0 Å². The maximum absolute atomic E-state index is 6.25. The maximum Gasteiger partial charge on any atom is 0.119 e. The molecule has 2 rings (SSSR count). The molecule has 0 spiro atoms. The van der Waals surface area contributed by atoms with Crippen molar-refractivity contribution in [2.45, 2.75) is 6.54 Å². The van der Waals surface area contributed by atoms with Crippen LogP contribution in [0.4, 0.5) is 11.4 Å². The number of benzene rings is 2. The number of nitrogens with zero attached hydrogens (tertiary/aromatic N) is 1. The summed E-state index contributed by atoms with van der Waals surface area (Å²) in [4.78, 5) is 1.99. The van der Waals surface area contributed by atoms with E-state index in [0.29, 0.717) is 0 Å². The van der Waals surface area contributed by atoms with Gasteiger partial charge < -0.3 is 15.0 Å². The predicted molar refractivity (Wildman–Crippen MR) is 86.1 cm³/mol. The van der Waals surface area contributed by atoms with Gasteiger partial charge in [0.05, 0.1) is 17.8 Å². The molecule has 20 heavy (non-hydrogen) atoms. The number of ether oxygens (including phenoxy) is 1. The minimum atomic E-state index is 0.731. The molecule has 0 radical (unpaired) electrons. The largest absolute Gasteiger partial charge is 0.497 e. The molecule has 0 aliphatic heterocycles. The second-order valence-corrected chi connectivity index (χ2v) is 5.17. The van der Waals surface area contributed by atoms with Gasteiger partial charge in [0.15, 0.2) is 0 Å². The Morgan fingerprint density at radius 2 is 1.95 bits per heavy atom. The molecular weight excluding hydrogens is 272 g/mol. The number of methoxy groups -OCH3 is 1. The second-order valence-electron chi connectivity index (χ2n) is 4.77. The molecule has 0 saturated carbocycles. The number of hydrogen-bond acceptors (Lipinski definition) is 3. The Bertz CT molecular complexity index is 584. The standard InChI is InChI=1S/C16H19ClN2O/c1-19(2)16-8-7-13(10-15(16)17)18-11-12-5-4-6-14(9-12)20-3/h4-10,18H,11H2,1-3H3. The summed E-state index contributed by atoms with van der Waals surface area (Å²) in [7, 11) is 5.63. The quantitative estimate of drug-likeness (QED) is 0.900. The minimum absolute atomic E-state index is 0.731. The number of rotatable bonds is 5. The third-order valence-electron chi connectivity index (χ3n) is 3.06. The van der Waals surface area contributed by atoms with Crippen molar-refractivity contribution in [3.63, 3.8) is 0 Å². The molecule has 106 valence electrons. The fourth-order valence-electron chi connectivity index (χ4n) is 1.97. The highest BCUT2D eigenvalue weighted by molar-refractivity contribution is 6.33. The molecule has 0 atom stereocenters. The molecule has 0 aliphatic carbocycles. The Kier molecular flexibility index (Phi) is 4.74. The third kappa shape index (κ3) is 3.58. The fourth-order valence-corrected chi connectivity index (χ4v) is 2.32. The summed E-state index contributed by atoms with van der Waals surface area (Å²) in [5, 5.41) is 4.10. The van der Waals surface area contributed by atoms with E-state index >= 15 is 0 Å².